The van der Waals surface area contributed by atoms with Crippen molar-refractivity contribution in [2.24, 2.45) is 11.8 Å². The molecule has 2 saturated heterocycles. The first-order valence-electron chi connectivity index (χ1n) is 8.43. The number of fused-ring (bicyclic) bond motifs is 1. The van der Waals surface area contributed by atoms with Crippen LogP contribution in [0.2, 0.25) is 0 Å². The van der Waals surface area contributed by atoms with E-state index in [1.165, 1.54) is 4.90 Å². The van der Waals surface area contributed by atoms with Crippen molar-refractivity contribution in [1.82, 2.24) is 4.90 Å². The molecule has 2 aromatic carbocycles. The van der Waals surface area contributed by atoms with Gasteiger partial charge in [0.2, 0.25) is 17.7 Å². The zero-order chi connectivity index (χ0) is 17.6. The third-order valence-corrected chi connectivity index (χ3v) is 5.06. The van der Waals surface area contributed by atoms with Gasteiger partial charge in [-0.2, -0.15) is 0 Å². The second-order valence-electron chi connectivity index (χ2n) is 6.32. The summed E-state index contributed by atoms with van der Waals surface area (Å²) in [6.07, 6.45) is 0. The first-order chi connectivity index (χ1) is 12.1. The number of hydrogen-bond acceptors (Lipinski definition) is 3. The van der Waals surface area contributed by atoms with Crippen molar-refractivity contribution in [2.45, 2.75) is 13.0 Å². The molecule has 0 unspecified atom stereocenters. The molecule has 2 aliphatic heterocycles. The molecule has 0 radical (unpaired) electrons. The second-order valence-corrected chi connectivity index (χ2v) is 6.32. The summed E-state index contributed by atoms with van der Waals surface area (Å²) in [6, 6.07) is 18.2. The van der Waals surface area contributed by atoms with Crippen molar-refractivity contribution in [3.8, 4) is 0 Å². The molecule has 25 heavy (non-hydrogen) atoms. The Morgan fingerprint density at radius 1 is 0.800 bits per heavy atom. The average Bonchev–Trinajstić information content (AvgIpc) is 3.09. The maximum absolute atomic E-state index is 13.1. The molecule has 126 valence electrons. The Kier molecular flexibility index (Phi) is 3.64. The molecule has 0 spiro atoms. The molecule has 0 N–H and O–H groups in total. The molecule has 0 bridgehead atoms. The smallest absolute Gasteiger partial charge is 0.242 e. The Morgan fingerprint density at radius 2 is 1.40 bits per heavy atom. The molecule has 4 rings (SSSR count). The number of carbonyl (C=O) groups is 3. The molecular weight excluding hydrogens is 316 g/mol. The topological polar surface area (TPSA) is 57.7 Å². The van der Waals surface area contributed by atoms with Crippen LogP contribution >= 0.6 is 0 Å². The number of hydrogen-bond donors (Lipinski definition) is 0. The Labute approximate surface area is 145 Å². The van der Waals surface area contributed by atoms with Crippen LogP contribution in [0.4, 0.5) is 5.69 Å². The lowest BCUT2D eigenvalue weighted by Crippen LogP contribution is -2.39. The van der Waals surface area contributed by atoms with Gasteiger partial charge in [0, 0.05) is 12.2 Å². The number of carbonyl (C=O) groups excluding carboxylic acids is 3. The Morgan fingerprint density at radius 3 is 2.00 bits per heavy atom. The molecular formula is C20H18N2O3. The molecule has 3 amide bonds. The van der Waals surface area contributed by atoms with E-state index in [1.807, 2.05) is 60.7 Å². The highest BCUT2D eigenvalue weighted by atomic mass is 16.2. The predicted octanol–water partition coefficient (Wildman–Crippen LogP) is 2.40. The fourth-order valence-corrected chi connectivity index (χ4v) is 3.97. The number of likely N-dealkylation sites (tertiary alicyclic amines) is 1. The molecule has 0 aromatic heterocycles. The van der Waals surface area contributed by atoms with Crippen LogP contribution in [-0.4, -0.2) is 29.2 Å². The molecule has 2 aliphatic rings. The minimum Gasteiger partial charge on any atom is -0.303 e. The van der Waals surface area contributed by atoms with Gasteiger partial charge < -0.3 is 4.90 Å². The van der Waals surface area contributed by atoms with Crippen LogP contribution in [0.3, 0.4) is 0 Å². The zero-order valence-electron chi connectivity index (χ0n) is 13.8. The number of para-hydroxylation sites is 1. The minimum absolute atomic E-state index is 0.252. The van der Waals surface area contributed by atoms with Crippen LogP contribution in [0.5, 0.6) is 0 Å². The molecule has 2 aromatic rings. The first-order valence-corrected chi connectivity index (χ1v) is 8.43. The summed E-state index contributed by atoms with van der Waals surface area (Å²) in [6.45, 7) is 2.05. The summed E-state index contributed by atoms with van der Waals surface area (Å²) >= 11 is 0. The van der Waals surface area contributed by atoms with Crippen LogP contribution in [0.25, 0.3) is 0 Å². The maximum Gasteiger partial charge on any atom is 0.242 e. The van der Waals surface area contributed by atoms with Crippen LogP contribution < -0.4 is 4.90 Å². The molecule has 2 fully saturated rings. The fourth-order valence-electron chi connectivity index (χ4n) is 3.97. The minimum atomic E-state index is -0.919. The van der Waals surface area contributed by atoms with Crippen LogP contribution in [0, 0.1) is 11.8 Å². The summed E-state index contributed by atoms with van der Waals surface area (Å²) in [5.41, 5.74) is 1.57. The molecule has 5 heteroatoms. The summed E-state index contributed by atoms with van der Waals surface area (Å²) < 4.78 is 0. The van der Waals surface area contributed by atoms with E-state index in [9.17, 15) is 14.4 Å². The van der Waals surface area contributed by atoms with Crippen molar-refractivity contribution in [3.05, 3.63) is 66.2 Å². The van der Waals surface area contributed by atoms with E-state index in [0.29, 0.717) is 12.2 Å². The van der Waals surface area contributed by atoms with Gasteiger partial charge in [-0.25, -0.2) is 0 Å². The number of amides is 3. The van der Waals surface area contributed by atoms with Gasteiger partial charge in [0.05, 0.1) is 12.0 Å². The highest BCUT2D eigenvalue weighted by Gasteiger charge is 2.62. The quantitative estimate of drug-likeness (QED) is 0.640. The van der Waals surface area contributed by atoms with Crippen molar-refractivity contribution in [2.75, 3.05) is 11.4 Å². The third kappa shape index (κ3) is 2.19. The van der Waals surface area contributed by atoms with Gasteiger partial charge in [-0.15, -0.1) is 0 Å². The lowest BCUT2D eigenvalue weighted by Gasteiger charge is -2.29. The molecule has 2 heterocycles. The molecule has 3 atom stereocenters. The number of imide groups is 1. The normalized spacial score (nSPS) is 25.6. The standard InChI is InChI=1S/C20H18N2O3/c1-2-21-18(23)15-16(19(21)24)20(25)22(14-11-7-4-8-12-14)17(15)13-9-5-3-6-10-13/h3-12,15-17H,2H2,1H3/t15-,16-,17-/m1/s1. The predicted molar refractivity (Wildman–Crippen MR) is 92.5 cm³/mol. The van der Waals surface area contributed by atoms with E-state index >= 15 is 0 Å². The van der Waals surface area contributed by atoms with Gasteiger partial charge in [0.25, 0.3) is 0 Å². The first kappa shape index (κ1) is 15.6. The Bertz CT molecular complexity index is 835. The fraction of sp³-hybridized carbons (Fsp3) is 0.250. The van der Waals surface area contributed by atoms with Gasteiger partial charge in [0.1, 0.15) is 5.92 Å². The van der Waals surface area contributed by atoms with Crippen molar-refractivity contribution < 1.29 is 14.4 Å². The number of benzene rings is 2. The number of nitrogens with zero attached hydrogens (tertiary/aromatic N) is 2. The molecule has 5 nitrogen and oxygen atoms in total. The van der Waals surface area contributed by atoms with Crippen LogP contribution in [0.15, 0.2) is 60.7 Å². The number of rotatable bonds is 3. The van der Waals surface area contributed by atoms with E-state index in [0.717, 1.165) is 5.56 Å². The van der Waals surface area contributed by atoms with Crippen molar-refractivity contribution in [1.29, 1.82) is 0 Å². The Hall–Kier alpha value is -2.95. The van der Waals surface area contributed by atoms with Gasteiger partial charge >= 0.3 is 0 Å². The van der Waals surface area contributed by atoms with Crippen molar-refractivity contribution >= 4 is 23.4 Å². The van der Waals surface area contributed by atoms with Gasteiger partial charge in [0.15, 0.2) is 0 Å². The summed E-state index contributed by atoms with van der Waals surface area (Å²) in [7, 11) is 0. The highest BCUT2D eigenvalue weighted by Crippen LogP contribution is 2.48. The van der Waals surface area contributed by atoms with E-state index in [-0.39, 0.29) is 17.7 Å². The van der Waals surface area contributed by atoms with Gasteiger partial charge in [-0.05, 0) is 24.6 Å². The van der Waals surface area contributed by atoms with E-state index < -0.39 is 17.9 Å². The van der Waals surface area contributed by atoms with Gasteiger partial charge in [-0.1, -0.05) is 48.5 Å². The molecule has 0 saturated carbocycles. The molecule has 0 aliphatic carbocycles. The highest BCUT2D eigenvalue weighted by molar-refractivity contribution is 6.21. The van der Waals surface area contributed by atoms with E-state index in [1.54, 1.807) is 11.8 Å². The SMILES string of the molecule is CCN1C(=O)[C@@H]2C(=O)N(c3ccccc3)[C@H](c3ccccc3)[C@@H]2C1=O. The van der Waals surface area contributed by atoms with Crippen molar-refractivity contribution in [3.63, 3.8) is 0 Å². The lowest BCUT2D eigenvalue weighted by atomic mass is 9.88. The Balaban J connectivity index is 1.87. The van der Waals surface area contributed by atoms with E-state index in [4.69, 9.17) is 0 Å². The van der Waals surface area contributed by atoms with Crippen LogP contribution in [-0.2, 0) is 14.4 Å². The van der Waals surface area contributed by atoms with E-state index in [2.05, 4.69) is 0 Å². The third-order valence-electron chi connectivity index (χ3n) is 5.06. The lowest BCUT2D eigenvalue weighted by molar-refractivity contribution is -0.141. The summed E-state index contributed by atoms with van der Waals surface area (Å²) in [4.78, 5) is 41.5. The van der Waals surface area contributed by atoms with Crippen LogP contribution in [0.1, 0.15) is 18.5 Å². The van der Waals surface area contributed by atoms with Gasteiger partial charge in [-0.3, -0.25) is 19.3 Å². The zero-order valence-corrected chi connectivity index (χ0v) is 13.8. The largest absolute Gasteiger partial charge is 0.303 e. The number of anilines is 1. The monoisotopic (exact) mass is 334 g/mol. The second kappa shape index (κ2) is 5.84. The maximum atomic E-state index is 13.1. The summed E-state index contributed by atoms with van der Waals surface area (Å²) in [5.74, 6) is -2.50. The summed E-state index contributed by atoms with van der Waals surface area (Å²) in [5, 5.41) is 0. The average molecular weight is 334 g/mol.